The molecule has 60 heavy (non-hydrogen) atoms. The molecule has 2 aliphatic carbocycles. The first-order valence-corrected chi connectivity index (χ1v) is 19.4. The SMILES string of the molecule is CC(=O)OC[C@]12CCC(C)=C[C@H]1O[C@@H]1[C@H](OC(=O)c3ccc(C(=O)CNC(=O)c4ccc(NCc5cnc6nc(N)[nH]c(=O)c6n5)cc4)cc3C(=O)O)[C@@H](C)[C@@]2(C)[C@@]12CO2. The summed E-state index contributed by atoms with van der Waals surface area (Å²) < 4.78 is 24.7. The lowest BCUT2D eigenvalue weighted by molar-refractivity contribution is -0.225. The monoisotopic (exact) mass is 821 g/mol. The van der Waals surface area contributed by atoms with E-state index in [1.165, 1.54) is 25.3 Å². The molecular weight excluding hydrogens is 778 g/mol. The summed E-state index contributed by atoms with van der Waals surface area (Å²) in [5.41, 5.74) is 4.85. The van der Waals surface area contributed by atoms with Gasteiger partial charge in [-0.1, -0.05) is 31.6 Å². The van der Waals surface area contributed by atoms with Crippen molar-refractivity contribution in [2.45, 2.75) is 71.0 Å². The molecule has 4 aromatic rings. The number of aromatic nitrogens is 4. The van der Waals surface area contributed by atoms with Crippen LogP contribution in [0.15, 0.2) is 65.1 Å². The van der Waals surface area contributed by atoms with Crippen LogP contribution in [0.25, 0.3) is 11.2 Å². The summed E-state index contributed by atoms with van der Waals surface area (Å²) in [5.74, 6) is -4.32. The van der Waals surface area contributed by atoms with E-state index >= 15 is 0 Å². The van der Waals surface area contributed by atoms with Crippen LogP contribution >= 0.6 is 0 Å². The molecule has 18 heteroatoms. The molecule has 1 amide bonds. The molecule has 0 radical (unpaired) electrons. The van der Waals surface area contributed by atoms with E-state index in [1.54, 1.807) is 24.3 Å². The molecule has 6 N–H and O–H groups in total. The normalized spacial score (nSPS) is 27.4. The van der Waals surface area contributed by atoms with Crippen molar-refractivity contribution in [1.29, 1.82) is 0 Å². The number of aromatic carboxylic acids is 1. The lowest BCUT2D eigenvalue weighted by Gasteiger charge is -2.58. The third-order valence-corrected chi connectivity index (χ3v) is 12.9. The van der Waals surface area contributed by atoms with Crippen LogP contribution < -0.4 is 21.9 Å². The summed E-state index contributed by atoms with van der Waals surface area (Å²) >= 11 is 0. The first kappa shape index (κ1) is 40.3. The van der Waals surface area contributed by atoms with Gasteiger partial charge in [0.25, 0.3) is 11.5 Å². The molecule has 4 aliphatic rings. The Balaban J connectivity index is 0.915. The van der Waals surface area contributed by atoms with E-state index in [2.05, 4.69) is 37.5 Å². The summed E-state index contributed by atoms with van der Waals surface area (Å²) in [4.78, 5) is 91.5. The number of benzene rings is 2. The Morgan fingerprint density at radius 2 is 1.80 bits per heavy atom. The number of fused-ring (bicyclic) bond motifs is 3. The Morgan fingerprint density at radius 1 is 1.07 bits per heavy atom. The number of nitrogens with two attached hydrogens (primary N) is 1. The Bertz CT molecular complexity index is 2550. The number of ether oxygens (including phenoxy) is 4. The summed E-state index contributed by atoms with van der Waals surface area (Å²) in [6.45, 7) is 7.64. The summed E-state index contributed by atoms with van der Waals surface area (Å²) in [7, 11) is 0. The van der Waals surface area contributed by atoms with Gasteiger partial charge in [0.1, 0.15) is 24.4 Å². The number of ketones is 1. The molecule has 7 atom stereocenters. The molecule has 2 aromatic carbocycles. The maximum atomic E-state index is 13.9. The minimum Gasteiger partial charge on any atom is -0.478 e. The van der Waals surface area contributed by atoms with Crippen molar-refractivity contribution in [3.8, 4) is 0 Å². The summed E-state index contributed by atoms with van der Waals surface area (Å²) in [6, 6.07) is 10.0. The zero-order chi connectivity index (χ0) is 42.7. The number of carbonyl (C=O) groups is 5. The molecule has 2 bridgehead atoms. The topological polar surface area (TPSA) is 267 Å². The van der Waals surface area contributed by atoms with E-state index in [1.807, 2.05) is 19.9 Å². The maximum Gasteiger partial charge on any atom is 0.339 e. The Morgan fingerprint density at radius 3 is 2.50 bits per heavy atom. The molecule has 2 aromatic heterocycles. The standard InChI is InChI=1S/C42H43N7O11/c1-20-11-12-41(18-57-22(3)50)30(13-20)59-33-32(21(2)40(41,4)42(33)19-58-42)60-38(56)27-10-7-24(14-28(27)37(54)55)29(51)17-46-35(52)23-5-8-25(9-6-23)44-15-26-16-45-34-31(47-26)36(53)49-39(43)48-34/h5-10,13-14,16,21,30,32-33,44H,11-12,15,17-19H2,1-4H3,(H,46,52)(H,54,55)(H3,43,45,48,49,53)/t21-,30-,32-,33-,40-,41-,42-/m1/s1. The van der Waals surface area contributed by atoms with Crippen LogP contribution in [-0.4, -0.2) is 98.3 Å². The lowest BCUT2D eigenvalue weighted by Crippen LogP contribution is -2.65. The van der Waals surface area contributed by atoms with Crippen LogP contribution in [0.5, 0.6) is 0 Å². The van der Waals surface area contributed by atoms with Gasteiger partial charge >= 0.3 is 17.9 Å². The maximum absolute atomic E-state index is 13.9. The van der Waals surface area contributed by atoms with Gasteiger partial charge in [-0.2, -0.15) is 4.98 Å². The summed E-state index contributed by atoms with van der Waals surface area (Å²) in [6.07, 6.45) is 3.02. The molecular formula is C42H43N7O11. The predicted molar refractivity (Wildman–Crippen MR) is 212 cm³/mol. The van der Waals surface area contributed by atoms with E-state index in [0.717, 1.165) is 18.1 Å². The Kier molecular flexibility index (Phi) is 10.0. The Hall–Kier alpha value is -6.53. The van der Waals surface area contributed by atoms with Crippen molar-refractivity contribution in [2.24, 2.45) is 16.7 Å². The molecule has 0 unspecified atom stereocenters. The number of rotatable bonds is 12. The average molecular weight is 822 g/mol. The first-order chi connectivity index (χ1) is 28.6. The number of carbonyl (C=O) groups excluding carboxylic acids is 4. The molecule has 18 nitrogen and oxygen atoms in total. The van der Waals surface area contributed by atoms with Crippen LogP contribution in [-0.2, 0) is 30.3 Å². The van der Waals surface area contributed by atoms with Gasteiger partial charge in [0.15, 0.2) is 16.9 Å². The highest BCUT2D eigenvalue weighted by Gasteiger charge is 2.84. The number of amides is 1. The van der Waals surface area contributed by atoms with E-state index in [-0.39, 0.29) is 52.9 Å². The number of hydrogen-bond donors (Lipinski definition) is 5. The number of H-pyrrole nitrogens is 1. The number of allylic oxidation sites excluding steroid dienone is 1. The number of nitrogen functional groups attached to an aromatic ring is 1. The van der Waals surface area contributed by atoms with Crippen LogP contribution in [0.3, 0.4) is 0 Å². The van der Waals surface area contributed by atoms with E-state index in [4.69, 9.17) is 24.7 Å². The molecule has 312 valence electrons. The van der Waals surface area contributed by atoms with Crippen molar-refractivity contribution < 1.29 is 48.0 Å². The molecule has 4 heterocycles. The minimum atomic E-state index is -1.45. The highest BCUT2D eigenvalue weighted by atomic mass is 16.7. The quantitative estimate of drug-likeness (QED) is 0.0594. The van der Waals surface area contributed by atoms with Crippen molar-refractivity contribution in [2.75, 3.05) is 30.8 Å². The number of carboxylic acid groups (broad SMARTS) is 1. The van der Waals surface area contributed by atoms with Gasteiger partial charge in [-0.05, 0) is 56.2 Å². The van der Waals surface area contributed by atoms with Gasteiger partial charge in [-0.3, -0.25) is 24.2 Å². The van der Waals surface area contributed by atoms with Crippen molar-refractivity contribution in [3.05, 3.63) is 98.6 Å². The second-order valence-electron chi connectivity index (χ2n) is 16.1. The molecule has 2 saturated heterocycles. The first-order valence-electron chi connectivity index (χ1n) is 19.4. The lowest BCUT2D eigenvalue weighted by atomic mass is 9.50. The predicted octanol–water partition coefficient (Wildman–Crippen LogP) is 3.23. The average Bonchev–Trinajstić information content (AvgIpc) is 4.02. The zero-order valence-electron chi connectivity index (χ0n) is 33.2. The van der Waals surface area contributed by atoms with Gasteiger partial charge in [0.2, 0.25) is 5.95 Å². The molecule has 2 aliphatic heterocycles. The number of Topliss-reactive ketones (excluding diaryl/α,β-unsaturated/α-hetero) is 1. The summed E-state index contributed by atoms with van der Waals surface area (Å²) in [5, 5.41) is 15.8. The fourth-order valence-corrected chi connectivity index (χ4v) is 9.40. The number of aromatic amines is 1. The van der Waals surface area contributed by atoms with Crippen molar-refractivity contribution in [3.63, 3.8) is 0 Å². The molecule has 1 saturated carbocycles. The molecule has 3 fully saturated rings. The number of anilines is 2. The van der Waals surface area contributed by atoms with Crippen LogP contribution in [0.4, 0.5) is 11.6 Å². The fourth-order valence-electron chi connectivity index (χ4n) is 9.40. The minimum absolute atomic E-state index is 0.0354. The molecule has 1 spiro atoms. The van der Waals surface area contributed by atoms with Gasteiger partial charge in [0.05, 0.1) is 48.8 Å². The van der Waals surface area contributed by atoms with Crippen molar-refractivity contribution in [1.82, 2.24) is 25.3 Å². The second-order valence-corrected chi connectivity index (χ2v) is 16.1. The van der Waals surface area contributed by atoms with Gasteiger partial charge in [-0.25, -0.2) is 19.6 Å². The second kappa shape index (κ2) is 14.9. The van der Waals surface area contributed by atoms with Crippen molar-refractivity contribution >= 4 is 52.4 Å². The van der Waals surface area contributed by atoms with Gasteiger partial charge in [-0.15, -0.1) is 0 Å². The van der Waals surface area contributed by atoms with Crippen LogP contribution in [0, 0.1) is 16.7 Å². The third-order valence-electron chi connectivity index (χ3n) is 12.9. The number of carboxylic acids is 1. The highest BCUT2D eigenvalue weighted by Crippen LogP contribution is 2.73. The van der Waals surface area contributed by atoms with Gasteiger partial charge in [0, 0.05) is 40.5 Å². The van der Waals surface area contributed by atoms with Crippen LogP contribution in [0.2, 0.25) is 0 Å². The fraction of sp³-hybridized carbons (Fsp3) is 0.405. The largest absolute Gasteiger partial charge is 0.478 e. The number of nitrogens with zero attached hydrogens (tertiary/aromatic N) is 3. The van der Waals surface area contributed by atoms with E-state index < -0.39 is 82.0 Å². The zero-order valence-corrected chi connectivity index (χ0v) is 33.2. The number of epoxide rings is 1. The van der Waals surface area contributed by atoms with Crippen LogP contribution in [0.1, 0.15) is 87.7 Å². The molecule has 8 rings (SSSR count). The number of nitrogens with one attached hydrogen (secondary N) is 3. The Labute approximate surface area is 342 Å². The number of hydrogen-bond acceptors (Lipinski definition) is 15. The smallest absolute Gasteiger partial charge is 0.339 e. The third kappa shape index (κ3) is 6.64. The number of esters is 2. The highest BCUT2D eigenvalue weighted by molar-refractivity contribution is 6.07. The van der Waals surface area contributed by atoms with E-state index in [0.29, 0.717) is 24.4 Å². The van der Waals surface area contributed by atoms with E-state index in [9.17, 15) is 33.9 Å². The van der Waals surface area contributed by atoms with Gasteiger partial charge < -0.3 is 40.4 Å².